The number of para-hydroxylation sites is 1. The smallest absolute Gasteiger partial charge is 0.293 e. The van der Waals surface area contributed by atoms with Crippen LogP contribution < -0.4 is 0 Å². The van der Waals surface area contributed by atoms with Crippen LogP contribution in [-0.2, 0) is 0 Å². The molecule has 16 heavy (non-hydrogen) atoms. The molecule has 4 nitrogen and oxygen atoms in total. The minimum absolute atomic E-state index is 0.190. The van der Waals surface area contributed by atoms with E-state index < -0.39 is 0 Å². The molecule has 0 amide bonds. The second kappa shape index (κ2) is 3.31. The molecule has 0 atom stereocenters. The van der Waals surface area contributed by atoms with Crippen molar-refractivity contribution in [1.29, 1.82) is 0 Å². The molecule has 1 aliphatic carbocycles. The van der Waals surface area contributed by atoms with E-state index >= 15 is 0 Å². The molecular formula is C11H9BrN2O2. The average Bonchev–Trinajstić information content (AvgIpc) is 3.04. The quantitative estimate of drug-likeness (QED) is 0.623. The Morgan fingerprint density at radius 2 is 2.19 bits per heavy atom. The number of non-ortho nitro benzene ring substituents is 1. The zero-order chi connectivity index (χ0) is 11.3. The third-order valence-corrected chi connectivity index (χ3v) is 3.55. The number of fused-ring (bicyclic) bond motifs is 1. The van der Waals surface area contributed by atoms with Gasteiger partial charge in [0.1, 0.15) is 5.52 Å². The molecule has 2 aromatic rings. The summed E-state index contributed by atoms with van der Waals surface area (Å²) in [5.41, 5.74) is 0.928. The summed E-state index contributed by atoms with van der Waals surface area (Å²) in [5.74, 6) is 0. The van der Waals surface area contributed by atoms with Gasteiger partial charge in [-0.3, -0.25) is 10.1 Å². The van der Waals surface area contributed by atoms with E-state index in [2.05, 4.69) is 15.9 Å². The molecule has 1 aliphatic rings. The largest absolute Gasteiger partial charge is 0.338 e. The summed E-state index contributed by atoms with van der Waals surface area (Å²) in [7, 11) is 0. The van der Waals surface area contributed by atoms with Gasteiger partial charge in [-0.25, -0.2) is 0 Å². The minimum Gasteiger partial charge on any atom is -0.338 e. The molecule has 1 saturated carbocycles. The molecule has 1 heterocycles. The van der Waals surface area contributed by atoms with Crippen molar-refractivity contribution >= 4 is 32.5 Å². The fourth-order valence-corrected chi connectivity index (χ4v) is 2.58. The van der Waals surface area contributed by atoms with Crippen molar-refractivity contribution in [2.45, 2.75) is 18.9 Å². The number of hydrogen-bond donors (Lipinski definition) is 0. The van der Waals surface area contributed by atoms with Crippen LogP contribution in [0, 0.1) is 10.1 Å². The van der Waals surface area contributed by atoms with Gasteiger partial charge in [-0.2, -0.15) is 0 Å². The molecule has 1 aromatic heterocycles. The molecule has 0 radical (unpaired) electrons. The Morgan fingerprint density at radius 3 is 2.81 bits per heavy atom. The van der Waals surface area contributed by atoms with E-state index in [9.17, 15) is 10.1 Å². The Bertz CT molecular complexity index is 587. The first-order chi connectivity index (χ1) is 7.68. The fraction of sp³-hybridized carbons (Fsp3) is 0.273. The molecular weight excluding hydrogens is 272 g/mol. The summed E-state index contributed by atoms with van der Waals surface area (Å²) in [6.45, 7) is 0. The monoisotopic (exact) mass is 280 g/mol. The molecule has 0 bridgehead atoms. The van der Waals surface area contributed by atoms with E-state index in [0.29, 0.717) is 6.04 Å². The first-order valence-electron chi connectivity index (χ1n) is 5.12. The van der Waals surface area contributed by atoms with Gasteiger partial charge in [0, 0.05) is 28.2 Å². The summed E-state index contributed by atoms with van der Waals surface area (Å²) in [6, 6.07) is 5.64. The van der Waals surface area contributed by atoms with Crippen LogP contribution in [0.15, 0.2) is 28.9 Å². The van der Waals surface area contributed by atoms with E-state index in [1.807, 2.05) is 16.8 Å². The highest BCUT2D eigenvalue weighted by atomic mass is 79.9. The van der Waals surface area contributed by atoms with Gasteiger partial charge in [-0.05, 0) is 28.8 Å². The Morgan fingerprint density at radius 1 is 1.44 bits per heavy atom. The maximum absolute atomic E-state index is 11.0. The molecule has 0 N–H and O–H groups in total. The average molecular weight is 281 g/mol. The van der Waals surface area contributed by atoms with Crippen LogP contribution in [0.2, 0.25) is 0 Å². The lowest BCUT2D eigenvalue weighted by Crippen LogP contribution is -1.96. The topological polar surface area (TPSA) is 48.1 Å². The predicted octanol–water partition coefficient (Wildman–Crippen LogP) is 3.65. The maximum atomic E-state index is 11.0. The zero-order valence-corrected chi connectivity index (χ0v) is 9.98. The first kappa shape index (κ1) is 9.84. The summed E-state index contributed by atoms with van der Waals surface area (Å²) < 4.78 is 2.95. The van der Waals surface area contributed by atoms with Gasteiger partial charge in [0.25, 0.3) is 5.69 Å². The van der Waals surface area contributed by atoms with Crippen molar-refractivity contribution in [2.75, 3.05) is 0 Å². The number of aromatic nitrogens is 1. The zero-order valence-electron chi connectivity index (χ0n) is 8.39. The Hall–Kier alpha value is -1.36. The van der Waals surface area contributed by atoms with Crippen LogP contribution in [0.1, 0.15) is 18.9 Å². The molecule has 1 aromatic carbocycles. The highest BCUT2D eigenvalue weighted by Crippen LogP contribution is 2.42. The molecule has 5 heteroatoms. The van der Waals surface area contributed by atoms with Gasteiger partial charge in [-0.15, -0.1) is 0 Å². The highest BCUT2D eigenvalue weighted by Gasteiger charge is 2.28. The SMILES string of the molecule is O=[N+]([O-])c1cccc2c(Br)cn(C3CC3)c12. The summed E-state index contributed by atoms with van der Waals surface area (Å²) in [6.07, 6.45) is 4.18. The standard InChI is InChI=1S/C11H9BrN2O2/c12-9-6-13(7-4-5-7)11-8(9)2-1-3-10(11)14(15)16/h1-3,6-7H,4-5H2. The van der Waals surface area contributed by atoms with Crippen molar-refractivity contribution in [3.8, 4) is 0 Å². The molecule has 0 aliphatic heterocycles. The van der Waals surface area contributed by atoms with E-state index in [-0.39, 0.29) is 10.6 Å². The summed E-state index contributed by atoms with van der Waals surface area (Å²) in [5, 5.41) is 11.9. The fourth-order valence-electron chi connectivity index (χ4n) is 2.04. The van der Waals surface area contributed by atoms with Gasteiger partial charge < -0.3 is 4.57 Å². The normalized spacial score (nSPS) is 15.6. The molecule has 0 spiro atoms. The Balaban J connectivity index is 2.38. The molecule has 0 saturated heterocycles. The van der Waals surface area contributed by atoms with Crippen molar-refractivity contribution in [3.05, 3.63) is 39.0 Å². The second-order valence-electron chi connectivity index (χ2n) is 4.05. The van der Waals surface area contributed by atoms with Gasteiger partial charge in [0.15, 0.2) is 0 Å². The number of nitro groups is 1. The Labute approximate surface area is 100 Å². The lowest BCUT2D eigenvalue weighted by atomic mass is 10.2. The third-order valence-electron chi connectivity index (χ3n) is 2.92. The van der Waals surface area contributed by atoms with Gasteiger partial charge in [0.2, 0.25) is 0 Å². The van der Waals surface area contributed by atoms with E-state index in [0.717, 1.165) is 28.2 Å². The van der Waals surface area contributed by atoms with Crippen molar-refractivity contribution in [1.82, 2.24) is 4.57 Å². The van der Waals surface area contributed by atoms with Gasteiger partial charge in [0.05, 0.1) is 4.92 Å². The molecule has 3 rings (SSSR count). The van der Waals surface area contributed by atoms with Crippen LogP contribution >= 0.6 is 15.9 Å². The first-order valence-corrected chi connectivity index (χ1v) is 5.91. The van der Waals surface area contributed by atoms with Crippen LogP contribution in [0.5, 0.6) is 0 Å². The van der Waals surface area contributed by atoms with Crippen molar-refractivity contribution in [3.63, 3.8) is 0 Å². The van der Waals surface area contributed by atoms with Crippen LogP contribution in [0.4, 0.5) is 5.69 Å². The number of rotatable bonds is 2. The van der Waals surface area contributed by atoms with E-state index in [4.69, 9.17) is 0 Å². The van der Waals surface area contributed by atoms with E-state index in [1.165, 1.54) is 0 Å². The van der Waals surface area contributed by atoms with Crippen LogP contribution in [-0.4, -0.2) is 9.49 Å². The van der Waals surface area contributed by atoms with Crippen LogP contribution in [0.25, 0.3) is 10.9 Å². The summed E-state index contributed by atoms with van der Waals surface area (Å²) >= 11 is 3.45. The van der Waals surface area contributed by atoms with Gasteiger partial charge >= 0.3 is 0 Å². The highest BCUT2D eigenvalue weighted by molar-refractivity contribution is 9.10. The predicted molar refractivity (Wildman–Crippen MR) is 64.6 cm³/mol. The number of nitro benzene ring substituents is 1. The van der Waals surface area contributed by atoms with Crippen LogP contribution in [0.3, 0.4) is 0 Å². The number of halogens is 1. The second-order valence-corrected chi connectivity index (χ2v) is 4.90. The minimum atomic E-state index is -0.312. The summed E-state index contributed by atoms with van der Waals surface area (Å²) in [4.78, 5) is 10.7. The maximum Gasteiger partial charge on any atom is 0.293 e. The molecule has 0 unspecified atom stereocenters. The molecule has 1 fully saturated rings. The Kier molecular flexibility index (Phi) is 2.04. The number of nitrogens with zero attached hydrogens (tertiary/aromatic N) is 2. The van der Waals surface area contributed by atoms with Gasteiger partial charge in [-0.1, -0.05) is 12.1 Å². The number of hydrogen-bond acceptors (Lipinski definition) is 2. The lowest BCUT2D eigenvalue weighted by molar-refractivity contribution is -0.383. The molecule has 82 valence electrons. The lowest BCUT2D eigenvalue weighted by Gasteiger charge is -2.02. The third kappa shape index (κ3) is 1.35. The van der Waals surface area contributed by atoms with Crippen molar-refractivity contribution < 1.29 is 4.92 Å². The number of benzene rings is 1. The van der Waals surface area contributed by atoms with E-state index in [1.54, 1.807) is 12.1 Å². The van der Waals surface area contributed by atoms with Crippen molar-refractivity contribution in [2.24, 2.45) is 0 Å².